The van der Waals surface area contributed by atoms with Gasteiger partial charge in [-0.1, -0.05) is 35.9 Å². The first-order chi connectivity index (χ1) is 10.2. The molecule has 1 unspecified atom stereocenters. The van der Waals surface area contributed by atoms with Crippen LogP contribution in [0.4, 0.5) is 0 Å². The topological polar surface area (TPSA) is 45.0 Å². The lowest BCUT2D eigenvalue weighted by molar-refractivity contribution is 0.300. The molecule has 0 radical (unpaired) electrons. The number of nitrogens with zero attached hydrogens (tertiary/aromatic N) is 1. The van der Waals surface area contributed by atoms with Crippen molar-refractivity contribution in [1.82, 2.24) is 5.32 Å². The molecule has 21 heavy (non-hydrogen) atoms. The summed E-state index contributed by atoms with van der Waals surface area (Å²) in [4.78, 5) is 0. The molecule has 0 bridgehead atoms. The summed E-state index contributed by atoms with van der Waals surface area (Å²) in [6.07, 6.45) is 0. The molecule has 0 aliphatic rings. The second-order valence-corrected chi connectivity index (χ2v) is 5.16. The maximum atomic E-state index is 8.84. The van der Waals surface area contributed by atoms with E-state index in [0.29, 0.717) is 17.2 Å². The van der Waals surface area contributed by atoms with Gasteiger partial charge in [0.25, 0.3) is 0 Å². The molecule has 1 atom stereocenters. The summed E-state index contributed by atoms with van der Waals surface area (Å²) >= 11 is 6.16. The van der Waals surface area contributed by atoms with Crippen molar-refractivity contribution in [2.45, 2.75) is 19.6 Å². The summed E-state index contributed by atoms with van der Waals surface area (Å²) in [5.74, 6) is 0.833. The van der Waals surface area contributed by atoms with Crippen LogP contribution in [0.2, 0.25) is 5.02 Å². The molecule has 2 aromatic carbocycles. The van der Waals surface area contributed by atoms with E-state index in [4.69, 9.17) is 21.6 Å². The molecule has 108 valence electrons. The first-order valence-electron chi connectivity index (χ1n) is 6.73. The third-order valence-corrected chi connectivity index (χ3v) is 3.74. The van der Waals surface area contributed by atoms with Gasteiger partial charge in [0.15, 0.2) is 0 Å². The molecule has 0 aliphatic carbocycles. The first kappa shape index (κ1) is 15.4. The zero-order chi connectivity index (χ0) is 15.2. The fourth-order valence-electron chi connectivity index (χ4n) is 2.01. The van der Waals surface area contributed by atoms with Gasteiger partial charge in [-0.05, 0) is 32.2 Å². The standard InChI is InChI=1S/C17H17ClN2O/c1-12(20-2)15-5-3-4-6-17(15)21-11-14-8-7-13(10-19)9-16(14)18/h3-9,12,20H,11H2,1-2H3. The Hall–Kier alpha value is -2.02. The molecule has 0 spiro atoms. The van der Waals surface area contributed by atoms with Gasteiger partial charge in [0.05, 0.1) is 11.6 Å². The molecule has 4 heteroatoms. The Morgan fingerprint density at radius 2 is 2.05 bits per heavy atom. The van der Waals surface area contributed by atoms with Crippen LogP contribution in [-0.2, 0) is 6.61 Å². The van der Waals surface area contributed by atoms with Crippen molar-refractivity contribution in [2.24, 2.45) is 0 Å². The van der Waals surface area contributed by atoms with Crippen LogP contribution >= 0.6 is 11.6 Å². The normalized spacial score (nSPS) is 11.7. The third-order valence-electron chi connectivity index (χ3n) is 3.38. The van der Waals surface area contributed by atoms with E-state index in [9.17, 15) is 0 Å². The number of nitriles is 1. The number of hydrogen-bond donors (Lipinski definition) is 1. The average Bonchev–Trinajstić information content (AvgIpc) is 2.53. The highest BCUT2D eigenvalue weighted by Gasteiger charge is 2.10. The summed E-state index contributed by atoms with van der Waals surface area (Å²) in [5, 5.41) is 12.6. The molecule has 2 rings (SSSR count). The number of para-hydroxylation sites is 1. The second-order valence-electron chi connectivity index (χ2n) is 4.75. The van der Waals surface area contributed by atoms with E-state index in [1.54, 1.807) is 12.1 Å². The van der Waals surface area contributed by atoms with Crippen molar-refractivity contribution in [2.75, 3.05) is 7.05 Å². The van der Waals surface area contributed by atoms with Crippen LogP contribution in [-0.4, -0.2) is 7.05 Å². The van der Waals surface area contributed by atoms with Crippen LogP contribution in [0.3, 0.4) is 0 Å². The number of nitrogens with one attached hydrogen (secondary N) is 1. The zero-order valence-electron chi connectivity index (χ0n) is 12.1. The summed E-state index contributed by atoms with van der Waals surface area (Å²) < 4.78 is 5.89. The lowest BCUT2D eigenvalue weighted by Crippen LogP contribution is -2.13. The lowest BCUT2D eigenvalue weighted by Gasteiger charge is -2.16. The minimum atomic E-state index is 0.206. The van der Waals surface area contributed by atoms with Crippen molar-refractivity contribution >= 4 is 11.6 Å². The Kier molecular flexibility index (Phi) is 5.21. The van der Waals surface area contributed by atoms with E-state index in [-0.39, 0.29) is 6.04 Å². The van der Waals surface area contributed by atoms with Crippen LogP contribution in [0.5, 0.6) is 5.75 Å². The maximum absolute atomic E-state index is 8.84. The molecular weight excluding hydrogens is 284 g/mol. The summed E-state index contributed by atoms with van der Waals surface area (Å²) in [7, 11) is 1.92. The zero-order valence-corrected chi connectivity index (χ0v) is 12.8. The van der Waals surface area contributed by atoms with Crippen molar-refractivity contribution in [3.05, 3.63) is 64.2 Å². The molecule has 1 N–H and O–H groups in total. The maximum Gasteiger partial charge on any atom is 0.124 e. The van der Waals surface area contributed by atoms with Crippen molar-refractivity contribution < 1.29 is 4.74 Å². The van der Waals surface area contributed by atoms with Crippen LogP contribution in [0.15, 0.2) is 42.5 Å². The van der Waals surface area contributed by atoms with Crippen LogP contribution in [0, 0.1) is 11.3 Å². The van der Waals surface area contributed by atoms with E-state index in [1.165, 1.54) is 0 Å². The molecule has 0 amide bonds. The van der Waals surface area contributed by atoms with Gasteiger partial charge in [0.1, 0.15) is 12.4 Å². The van der Waals surface area contributed by atoms with Gasteiger partial charge >= 0.3 is 0 Å². The lowest BCUT2D eigenvalue weighted by atomic mass is 10.1. The Bertz CT molecular complexity index is 664. The number of hydrogen-bond acceptors (Lipinski definition) is 3. The molecule has 0 aliphatic heterocycles. The Morgan fingerprint density at radius 1 is 1.29 bits per heavy atom. The average molecular weight is 301 g/mol. The van der Waals surface area contributed by atoms with Gasteiger partial charge in [-0.15, -0.1) is 0 Å². The number of rotatable bonds is 5. The van der Waals surface area contributed by atoms with E-state index in [0.717, 1.165) is 16.9 Å². The largest absolute Gasteiger partial charge is 0.489 e. The van der Waals surface area contributed by atoms with E-state index in [2.05, 4.69) is 18.3 Å². The molecule has 3 nitrogen and oxygen atoms in total. The minimum Gasteiger partial charge on any atom is -0.489 e. The summed E-state index contributed by atoms with van der Waals surface area (Å²) in [6, 6.07) is 15.4. The molecule has 2 aromatic rings. The highest BCUT2D eigenvalue weighted by atomic mass is 35.5. The molecular formula is C17H17ClN2O. The smallest absolute Gasteiger partial charge is 0.124 e. The fourth-order valence-corrected chi connectivity index (χ4v) is 2.25. The van der Waals surface area contributed by atoms with Crippen LogP contribution < -0.4 is 10.1 Å². The Morgan fingerprint density at radius 3 is 2.71 bits per heavy atom. The predicted molar refractivity (Wildman–Crippen MR) is 84.4 cm³/mol. The SMILES string of the molecule is CNC(C)c1ccccc1OCc1ccc(C#N)cc1Cl. The third kappa shape index (κ3) is 3.75. The van der Waals surface area contributed by atoms with Gasteiger partial charge in [-0.25, -0.2) is 0 Å². The van der Waals surface area contributed by atoms with Crippen molar-refractivity contribution in [3.63, 3.8) is 0 Å². The second kappa shape index (κ2) is 7.12. The van der Waals surface area contributed by atoms with Gasteiger partial charge in [-0.3, -0.25) is 0 Å². The molecule has 0 aromatic heterocycles. The van der Waals surface area contributed by atoms with Crippen LogP contribution in [0.25, 0.3) is 0 Å². The Labute approximate surface area is 130 Å². The van der Waals surface area contributed by atoms with Crippen molar-refractivity contribution in [1.29, 1.82) is 5.26 Å². The molecule has 0 heterocycles. The Balaban J connectivity index is 2.16. The van der Waals surface area contributed by atoms with E-state index >= 15 is 0 Å². The van der Waals surface area contributed by atoms with Gasteiger partial charge in [0.2, 0.25) is 0 Å². The fraction of sp³-hybridized carbons (Fsp3) is 0.235. The highest BCUT2D eigenvalue weighted by Crippen LogP contribution is 2.26. The first-order valence-corrected chi connectivity index (χ1v) is 7.11. The molecule has 0 saturated heterocycles. The summed E-state index contributed by atoms with van der Waals surface area (Å²) in [6.45, 7) is 2.45. The molecule has 0 saturated carbocycles. The minimum absolute atomic E-state index is 0.206. The number of ether oxygens (including phenoxy) is 1. The van der Waals surface area contributed by atoms with Crippen molar-refractivity contribution in [3.8, 4) is 11.8 Å². The van der Waals surface area contributed by atoms with E-state index < -0.39 is 0 Å². The van der Waals surface area contributed by atoms with Crippen LogP contribution in [0.1, 0.15) is 29.7 Å². The number of benzene rings is 2. The van der Waals surface area contributed by atoms with Gasteiger partial charge in [0, 0.05) is 22.2 Å². The van der Waals surface area contributed by atoms with E-state index in [1.807, 2.05) is 37.4 Å². The summed E-state index contributed by atoms with van der Waals surface area (Å²) in [5.41, 5.74) is 2.51. The predicted octanol–water partition coefficient (Wildman–Crippen LogP) is 4.07. The number of halogens is 1. The highest BCUT2D eigenvalue weighted by molar-refractivity contribution is 6.31. The van der Waals surface area contributed by atoms with Gasteiger partial charge in [-0.2, -0.15) is 5.26 Å². The monoisotopic (exact) mass is 300 g/mol. The van der Waals surface area contributed by atoms with Gasteiger partial charge < -0.3 is 10.1 Å². The molecule has 0 fully saturated rings. The quantitative estimate of drug-likeness (QED) is 0.905.